The third-order valence-electron chi connectivity index (χ3n) is 2.75. The van der Waals surface area contributed by atoms with Crippen LogP contribution >= 0.6 is 34.5 Å². The van der Waals surface area contributed by atoms with E-state index in [1.807, 2.05) is 6.92 Å². The van der Waals surface area contributed by atoms with Crippen LogP contribution in [0.3, 0.4) is 0 Å². The van der Waals surface area contributed by atoms with E-state index in [2.05, 4.69) is 15.5 Å². The van der Waals surface area contributed by atoms with Gasteiger partial charge in [0.1, 0.15) is 9.34 Å². The summed E-state index contributed by atoms with van der Waals surface area (Å²) in [6, 6.07) is 0. The second-order valence-electron chi connectivity index (χ2n) is 4.02. The van der Waals surface area contributed by atoms with Crippen molar-refractivity contribution < 1.29 is 4.79 Å². The number of carbonyl (C=O) groups excluding carboxylic acids is 1. The summed E-state index contributed by atoms with van der Waals surface area (Å²) in [5, 5.41) is 11.9. The average Bonchev–Trinajstić information content (AvgIpc) is 2.62. The third kappa shape index (κ3) is 1.92. The lowest BCUT2D eigenvalue weighted by Gasteiger charge is -2.09. The Kier molecular flexibility index (Phi) is 2.88. The molecule has 1 N–H and O–H groups in total. The van der Waals surface area contributed by atoms with E-state index >= 15 is 0 Å². The number of hydrogen-bond acceptors (Lipinski definition) is 4. The van der Waals surface area contributed by atoms with Crippen molar-refractivity contribution in [2.75, 3.05) is 5.32 Å². The predicted molar refractivity (Wildman–Crippen MR) is 65.1 cm³/mol. The molecule has 0 unspecified atom stereocenters. The van der Waals surface area contributed by atoms with Gasteiger partial charge in [-0.2, -0.15) is 0 Å². The molecule has 0 saturated heterocycles. The standard InChI is InChI=1S/C9H11Cl2N3OS/c1-3-5-13-14-7(16-5)12-6(15)8(2)4-9(8,10)11/h3-4H2,1-2H3,(H,12,14,15)/t8-/m1/s1. The van der Waals surface area contributed by atoms with E-state index in [0.29, 0.717) is 11.6 Å². The predicted octanol–water partition coefficient (Wildman–Crippen LogP) is 2.62. The van der Waals surface area contributed by atoms with Crippen LogP contribution in [-0.4, -0.2) is 20.4 Å². The SMILES string of the molecule is CCc1nnc(NC(=O)[C@@]2(C)CC2(Cl)Cl)s1. The van der Waals surface area contributed by atoms with Crippen molar-refractivity contribution in [3.63, 3.8) is 0 Å². The Morgan fingerprint density at radius 1 is 1.56 bits per heavy atom. The van der Waals surface area contributed by atoms with Crippen LogP contribution < -0.4 is 5.32 Å². The molecule has 1 amide bonds. The zero-order valence-electron chi connectivity index (χ0n) is 8.88. The highest BCUT2D eigenvalue weighted by molar-refractivity contribution is 7.15. The van der Waals surface area contributed by atoms with Crippen LogP contribution in [0.4, 0.5) is 5.13 Å². The van der Waals surface area contributed by atoms with Crippen molar-refractivity contribution in [1.29, 1.82) is 0 Å². The molecule has 1 heterocycles. The van der Waals surface area contributed by atoms with E-state index in [-0.39, 0.29) is 5.91 Å². The summed E-state index contributed by atoms with van der Waals surface area (Å²) in [6.45, 7) is 3.72. The molecule has 7 heteroatoms. The maximum absolute atomic E-state index is 11.9. The fourth-order valence-corrected chi connectivity index (χ4v) is 2.71. The highest BCUT2D eigenvalue weighted by Crippen LogP contribution is 2.64. The number of halogens is 2. The van der Waals surface area contributed by atoms with Crippen LogP contribution in [0.2, 0.25) is 0 Å². The van der Waals surface area contributed by atoms with E-state index < -0.39 is 9.75 Å². The Hall–Kier alpha value is -0.390. The molecule has 0 bridgehead atoms. The number of nitrogens with one attached hydrogen (secondary N) is 1. The maximum atomic E-state index is 11.9. The highest BCUT2D eigenvalue weighted by atomic mass is 35.5. The van der Waals surface area contributed by atoms with Crippen molar-refractivity contribution in [2.24, 2.45) is 5.41 Å². The summed E-state index contributed by atoms with van der Waals surface area (Å²) in [5.41, 5.74) is -0.714. The van der Waals surface area contributed by atoms with Crippen LogP contribution in [-0.2, 0) is 11.2 Å². The largest absolute Gasteiger partial charge is 0.300 e. The van der Waals surface area contributed by atoms with Gasteiger partial charge in [0.2, 0.25) is 11.0 Å². The van der Waals surface area contributed by atoms with Gasteiger partial charge in [-0.15, -0.1) is 33.4 Å². The van der Waals surface area contributed by atoms with E-state index in [1.54, 1.807) is 6.92 Å². The molecule has 1 fully saturated rings. The quantitative estimate of drug-likeness (QED) is 0.866. The summed E-state index contributed by atoms with van der Waals surface area (Å²) in [7, 11) is 0. The van der Waals surface area contributed by atoms with E-state index in [1.165, 1.54) is 11.3 Å². The Morgan fingerprint density at radius 2 is 2.19 bits per heavy atom. The van der Waals surface area contributed by atoms with Crippen molar-refractivity contribution in [2.45, 2.75) is 31.0 Å². The van der Waals surface area contributed by atoms with Gasteiger partial charge in [0.25, 0.3) is 0 Å². The second kappa shape index (κ2) is 3.82. The van der Waals surface area contributed by atoms with Gasteiger partial charge < -0.3 is 0 Å². The third-order valence-corrected chi connectivity index (χ3v) is 4.83. The molecule has 0 radical (unpaired) electrons. The molecule has 1 aliphatic rings. The molecule has 0 aliphatic heterocycles. The number of aromatic nitrogens is 2. The van der Waals surface area contributed by atoms with Crippen molar-refractivity contribution in [3.8, 4) is 0 Å². The number of amides is 1. The molecule has 88 valence electrons. The summed E-state index contributed by atoms with van der Waals surface area (Å²) >= 11 is 13.2. The van der Waals surface area contributed by atoms with Crippen molar-refractivity contribution in [1.82, 2.24) is 10.2 Å². The Balaban J connectivity index is 2.04. The summed E-state index contributed by atoms with van der Waals surface area (Å²) in [4.78, 5) is 11.9. The first-order chi connectivity index (χ1) is 7.39. The zero-order chi connectivity index (χ0) is 12.0. The fourth-order valence-electron chi connectivity index (χ4n) is 1.33. The first-order valence-electron chi connectivity index (χ1n) is 4.91. The minimum Gasteiger partial charge on any atom is -0.300 e. The van der Waals surface area contributed by atoms with Gasteiger partial charge in [-0.1, -0.05) is 18.3 Å². The number of nitrogens with zero attached hydrogens (tertiary/aromatic N) is 2. The summed E-state index contributed by atoms with van der Waals surface area (Å²) in [5.74, 6) is -0.198. The fraction of sp³-hybridized carbons (Fsp3) is 0.667. The number of alkyl halides is 2. The molecule has 1 aromatic rings. The Labute approximate surface area is 107 Å². The van der Waals surface area contributed by atoms with Crippen molar-refractivity contribution >= 4 is 45.6 Å². The van der Waals surface area contributed by atoms with Crippen LogP contribution in [0.25, 0.3) is 0 Å². The first kappa shape index (κ1) is 12.1. The van der Waals surface area contributed by atoms with Crippen molar-refractivity contribution in [3.05, 3.63) is 5.01 Å². The molecule has 2 rings (SSSR count). The van der Waals surface area contributed by atoms with Crippen LogP contribution in [0.5, 0.6) is 0 Å². The van der Waals surface area contributed by atoms with Gasteiger partial charge in [0.15, 0.2) is 0 Å². The van der Waals surface area contributed by atoms with E-state index in [4.69, 9.17) is 23.2 Å². The lowest BCUT2D eigenvalue weighted by molar-refractivity contribution is -0.120. The van der Waals surface area contributed by atoms with Gasteiger partial charge in [-0.05, 0) is 19.8 Å². The minimum absolute atomic E-state index is 0.198. The molecule has 0 aromatic carbocycles. The highest BCUT2D eigenvalue weighted by Gasteiger charge is 2.68. The molecular weight excluding hydrogens is 269 g/mol. The van der Waals surface area contributed by atoms with Gasteiger partial charge in [0.05, 0.1) is 5.41 Å². The zero-order valence-corrected chi connectivity index (χ0v) is 11.2. The molecular formula is C9H11Cl2N3OS. The molecule has 0 spiro atoms. The maximum Gasteiger partial charge on any atom is 0.235 e. The van der Waals surface area contributed by atoms with E-state index in [9.17, 15) is 4.79 Å². The number of rotatable bonds is 3. The van der Waals surface area contributed by atoms with Crippen LogP contribution in [0.1, 0.15) is 25.3 Å². The van der Waals surface area contributed by atoms with Gasteiger partial charge in [0, 0.05) is 0 Å². The number of anilines is 1. The van der Waals surface area contributed by atoms with E-state index in [0.717, 1.165) is 11.4 Å². The van der Waals surface area contributed by atoms with Gasteiger partial charge in [-0.3, -0.25) is 10.1 Å². The van der Waals surface area contributed by atoms with Gasteiger partial charge >= 0.3 is 0 Å². The lowest BCUT2D eigenvalue weighted by Crippen LogP contribution is -2.25. The average molecular weight is 280 g/mol. The number of carbonyl (C=O) groups is 1. The Morgan fingerprint density at radius 3 is 2.62 bits per heavy atom. The normalized spacial score (nSPS) is 26.5. The van der Waals surface area contributed by atoms with Crippen LogP contribution in [0, 0.1) is 5.41 Å². The summed E-state index contributed by atoms with van der Waals surface area (Å²) < 4.78 is -0.949. The first-order valence-corrected chi connectivity index (χ1v) is 6.48. The van der Waals surface area contributed by atoms with Crippen LogP contribution in [0.15, 0.2) is 0 Å². The second-order valence-corrected chi connectivity index (χ2v) is 6.57. The molecule has 1 atom stereocenters. The molecule has 16 heavy (non-hydrogen) atoms. The number of hydrogen-bond donors (Lipinski definition) is 1. The smallest absolute Gasteiger partial charge is 0.235 e. The monoisotopic (exact) mass is 279 g/mol. The lowest BCUT2D eigenvalue weighted by atomic mass is 10.1. The van der Waals surface area contributed by atoms with Gasteiger partial charge in [-0.25, -0.2) is 0 Å². The molecule has 1 aliphatic carbocycles. The molecule has 4 nitrogen and oxygen atoms in total. The topological polar surface area (TPSA) is 54.9 Å². The number of aryl methyl sites for hydroxylation is 1. The summed E-state index contributed by atoms with van der Waals surface area (Å²) in [6.07, 6.45) is 1.27. The Bertz CT molecular complexity index is 434. The molecule has 1 aromatic heterocycles. The minimum atomic E-state index is -0.949. The molecule has 1 saturated carbocycles.